The van der Waals surface area contributed by atoms with Crippen molar-refractivity contribution in [1.29, 1.82) is 0 Å². The van der Waals surface area contributed by atoms with Crippen LogP contribution in [0.2, 0.25) is 0 Å². The average Bonchev–Trinajstić information content (AvgIpc) is 2.92. The minimum absolute atomic E-state index is 0. The summed E-state index contributed by atoms with van der Waals surface area (Å²) >= 11 is 0. The summed E-state index contributed by atoms with van der Waals surface area (Å²) in [4.78, 5) is 0. The largest absolute Gasteiger partial charge is 2.00 e. The summed E-state index contributed by atoms with van der Waals surface area (Å²) in [6.45, 7) is 4.02. The van der Waals surface area contributed by atoms with E-state index < -0.39 is 0 Å². The predicted molar refractivity (Wildman–Crippen MR) is 63.9 cm³/mol. The van der Waals surface area contributed by atoms with Gasteiger partial charge in [-0.15, -0.1) is 5.56 Å². The fourth-order valence-corrected chi connectivity index (χ4v) is 1.29. The van der Waals surface area contributed by atoms with Crippen molar-refractivity contribution in [3.8, 4) is 0 Å². The van der Waals surface area contributed by atoms with E-state index in [9.17, 15) is 5.11 Å². The third-order valence-corrected chi connectivity index (χ3v) is 2.22. The molecular weight excluding hydrogens is 240 g/mol. The zero-order valence-corrected chi connectivity index (χ0v) is 10.8. The van der Waals surface area contributed by atoms with Gasteiger partial charge >= 0.3 is 17.1 Å². The van der Waals surface area contributed by atoms with Crippen LogP contribution in [0.25, 0.3) is 0 Å². The van der Waals surface area contributed by atoms with Crippen molar-refractivity contribution in [2.75, 3.05) is 0 Å². The van der Waals surface area contributed by atoms with Crippen molar-refractivity contribution in [1.82, 2.24) is 0 Å². The molecule has 0 heterocycles. The predicted octanol–water partition coefficient (Wildman–Crippen LogP) is 3.50. The third kappa shape index (κ3) is 5.31. The topological polar surface area (TPSA) is 20.2 Å². The first-order chi connectivity index (χ1) is 7.22. The fourth-order valence-electron chi connectivity index (χ4n) is 1.29. The standard InChI is InChI=1S/C9H13O.C5H5.Fe/c1-7(2)9(10)8-5-3-4-6-8;1-2-4-5-3-1;/h3-7,9-10H,1-2H3;1-5H;/q2*-1;+2. The quantitative estimate of drug-likeness (QED) is 0.645. The number of rotatable bonds is 2. The first-order valence-electron chi connectivity index (χ1n) is 5.28. The number of hydrogen-bond donors (Lipinski definition) is 1. The van der Waals surface area contributed by atoms with Crippen LogP contribution in [-0.2, 0) is 17.1 Å². The molecule has 88 valence electrons. The van der Waals surface area contributed by atoms with Crippen LogP contribution in [0.3, 0.4) is 0 Å². The molecule has 0 fully saturated rings. The molecule has 0 amide bonds. The van der Waals surface area contributed by atoms with Gasteiger partial charge in [0.25, 0.3) is 0 Å². The van der Waals surface area contributed by atoms with Gasteiger partial charge in [0.1, 0.15) is 0 Å². The minimum Gasteiger partial charge on any atom is -0.400 e. The molecular formula is C14H18FeO. The van der Waals surface area contributed by atoms with Crippen LogP contribution in [-0.4, -0.2) is 5.11 Å². The van der Waals surface area contributed by atoms with Crippen molar-refractivity contribution in [3.05, 3.63) is 60.2 Å². The van der Waals surface area contributed by atoms with Crippen molar-refractivity contribution < 1.29 is 22.2 Å². The Morgan fingerprint density at radius 3 is 1.81 bits per heavy atom. The van der Waals surface area contributed by atoms with Crippen LogP contribution in [0.4, 0.5) is 0 Å². The second-order valence-electron chi connectivity index (χ2n) is 3.87. The Balaban J connectivity index is 0.000000318. The van der Waals surface area contributed by atoms with Crippen molar-refractivity contribution in [2.45, 2.75) is 20.0 Å². The van der Waals surface area contributed by atoms with Gasteiger partial charge < -0.3 is 5.11 Å². The van der Waals surface area contributed by atoms with E-state index in [1.54, 1.807) is 0 Å². The monoisotopic (exact) mass is 258 g/mol. The van der Waals surface area contributed by atoms with Crippen LogP contribution < -0.4 is 0 Å². The van der Waals surface area contributed by atoms with Gasteiger partial charge in [-0.25, -0.2) is 24.3 Å². The molecule has 0 aliphatic heterocycles. The molecule has 0 aromatic heterocycles. The van der Waals surface area contributed by atoms with Gasteiger partial charge in [-0.2, -0.15) is 30.3 Å². The van der Waals surface area contributed by atoms with E-state index in [0.29, 0.717) is 5.92 Å². The summed E-state index contributed by atoms with van der Waals surface area (Å²) in [7, 11) is 0. The molecule has 0 saturated carbocycles. The maximum absolute atomic E-state index is 9.49. The van der Waals surface area contributed by atoms with E-state index in [1.165, 1.54) is 0 Å². The molecule has 1 nitrogen and oxygen atoms in total. The summed E-state index contributed by atoms with van der Waals surface area (Å²) in [6, 6.07) is 17.8. The van der Waals surface area contributed by atoms with Gasteiger partial charge in [0, 0.05) is 6.10 Å². The molecule has 2 aromatic carbocycles. The Labute approximate surface area is 108 Å². The average molecular weight is 258 g/mol. The van der Waals surface area contributed by atoms with E-state index in [4.69, 9.17) is 0 Å². The molecule has 16 heavy (non-hydrogen) atoms. The molecule has 2 aromatic rings. The van der Waals surface area contributed by atoms with Gasteiger partial charge in [0.2, 0.25) is 0 Å². The van der Waals surface area contributed by atoms with E-state index in [-0.39, 0.29) is 23.2 Å². The SMILES string of the molecule is CC(C)C(O)[c-]1cccc1.[Fe+2].c1cc[cH-]c1. The molecule has 0 spiro atoms. The zero-order chi connectivity index (χ0) is 11.1. The summed E-state index contributed by atoms with van der Waals surface area (Å²) in [6.07, 6.45) is -0.296. The van der Waals surface area contributed by atoms with E-state index >= 15 is 0 Å². The van der Waals surface area contributed by atoms with E-state index in [0.717, 1.165) is 5.56 Å². The number of hydrogen-bond acceptors (Lipinski definition) is 1. The molecule has 0 aliphatic carbocycles. The molecule has 1 N–H and O–H groups in total. The minimum atomic E-state index is -0.296. The molecule has 0 radical (unpaired) electrons. The molecule has 2 heteroatoms. The van der Waals surface area contributed by atoms with Crippen molar-refractivity contribution in [2.24, 2.45) is 5.92 Å². The summed E-state index contributed by atoms with van der Waals surface area (Å²) in [5.74, 6) is 0.308. The summed E-state index contributed by atoms with van der Waals surface area (Å²) < 4.78 is 0. The van der Waals surface area contributed by atoms with Crippen LogP contribution in [0.1, 0.15) is 25.5 Å². The molecule has 2 rings (SSSR count). The van der Waals surface area contributed by atoms with E-state index in [1.807, 2.05) is 68.4 Å². The Bertz CT molecular complexity index is 304. The fraction of sp³-hybridized carbons (Fsp3) is 0.286. The molecule has 0 saturated heterocycles. The number of aliphatic hydroxyl groups is 1. The van der Waals surface area contributed by atoms with E-state index in [2.05, 4.69) is 0 Å². The van der Waals surface area contributed by atoms with Crippen LogP contribution >= 0.6 is 0 Å². The normalized spacial score (nSPS) is 11.2. The molecule has 1 unspecified atom stereocenters. The molecule has 0 bridgehead atoms. The first-order valence-corrected chi connectivity index (χ1v) is 5.28. The van der Waals surface area contributed by atoms with Crippen molar-refractivity contribution >= 4 is 0 Å². The Hall–Kier alpha value is -0.821. The maximum atomic E-state index is 9.49. The summed E-state index contributed by atoms with van der Waals surface area (Å²) in [5, 5.41) is 9.49. The Morgan fingerprint density at radius 2 is 1.50 bits per heavy atom. The van der Waals surface area contributed by atoms with Gasteiger partial charge in [0.15, 0.2) is 0 Å². The molecule has 1 atom stereocenters. The van der Waals surface area contributed by atoms with Crippen LogP contribution in [0.15, 0.2) is 54.6 Å². The second-order valence-corrected chi connectivity index (χ2v) is 3.87. The maximum Gasteiger partial charge on any atom is 2.00 e. The van der Waals surface area contributed by atoms with Crippen LogP contribution in [0, 0.1) is 5.92 Å². The second kappa shape index (κ2) is 8.35. The van der Waals surface area contributed by atoms with Gasteiger partial charge in [-0.05, 0) is 5.92 Å². The number of aliphatic hydroxyl groups excluding tert-OH is 1. The Morgan fingerprint density at radius 1 is 1.00 bits per heavy atom. The molecule has 0 aliphatic rings. The van der Waals surface area contributed by atoms with Gasteiger partial charge in [0.05, 0.1) is 0 Å². The van der Waals surface area contributed by atoms with Gasteiger partial charge in [-0.1, -0.05) is 13.8 Å². The van der Waals surface area contributed by atoms with Crippen LogP contribution in [0.5, 0.6) is 0 Å². The summed E-state index contributed by atoms with van der Waals surface area (Å²) in [5.41, 5.74) is 1.02. The Kier molecular flexibility index (Phi) is 7.92. The first kappa shape index (κ1) is 15.2. The smallest absolute Gasteiger partial charge is 0.400 e. The van der Waals surface area contributed by atoms with Crippen molar-refractivity contribution in [3.63, 3.8) is 0 Å². The third-order valence-electron chi connectivity index (χ3n) is 2.22. The zero-order valence-electron chi connectivity index (χ0n) is 9.65. The van der Waals surface area contributed by atoms with Gasteiger partial charge in [-0.3, -0.25) is 0 Å².